The molecular weight excluding hydrogens is 320 g/mol. The zero-order chi connectivity index (χ0) is 18.0. The number of carbonyl (C=O) groups excluding carboxylic acids is 2. The smallest absolute Gasteiger partial charge is 0.255 e. The molecule has 1 aromatic carbocycles. The molecule has 0 fully saturated rings. The van der Waals surface area contributed by atoms with E-state index in [0.29, 0.717) is 5.56 Å². The number of nitrogens with zero attached hydrogens (tertiary/aromatic N) is 1. The zero-order valence-electron chi connectivity index (χ0n) is 15.1. The largest absolute Gasteiger partial charge is 0.332 e. The number of hydrogen-bond donors (Lipinski definition) is 1. The Bertz CT molecular complexity index is 770. The molecule has 0 aliphatic rings. The lowest BCUT2D eigenvalue weighted by molar-refractivity contribution is -0.116. The highest BCUT2D eigenvalue weighted by Crippen LogP contribution is 2.23. The van der Waals surface area contributed by atoms with Gasteiger partial charge in [0.1, 0.15) is 0 Å². The van der Waals surface area contributed by atoms with E-state index in [1.165, 1.54) is 10.5 Å². The van der Waals surface area contributed by atoms with Gasteiger partial charge in [0, 0.05) is 22.5 Å². The Morgan fingerprint density at radius 1 is 1.04 bits per heavy atom. The number of likely N-dealkylation sites (N-methyl/N-ethyl adjacent to an activating group) is 1. The highest BCUT2D eigenvalue weighted by atomic mass is 32.1. The first-order valence-corrected chi connectivity index (χ1v) is 8.71. The molecule has 24 heavy (non-hydrogen) atoms. The summed E-state index contributed by atoms with van der Waals surface area (Å²) in [5.41, 5.74) is 4.72. The number of thiophene rings is 1. The third kappa shape index (κ3) is 4.03. The number of carbonyl (C=O) groups is 2. The predicted molar refractivity (Wildman–Crippen MR) is 100 cm³/mol. The Labute approximate surface area is 147 Å². The number of rotatable bonds is 4. The molecule has 5 heteroatoms. The van der Waals surface area contributed by atoms with Crippen molar-refractivity contribution in [2.75, 3.05) is 18.9 Å². The van der Waals surface area contributed by atoms with Crippen molar-refractivity contribution in [3.05, 3.63) is 50.2 Å². The van der Waals surface area contributed by atoms with E-state index in [1.807, 2.05) is 52.8 Å². The number of aryl methyl sites for hydroxylation is 5. The minimum Gasteiger partial charge on any atom is -0.332 e. The Morgan fingerprint density at radius 2 is 1.62 bits per heavy atom. The average molecular weight is 344 g/mol. The summed E-state index contributed by atoms with van der Waals surface area (Å²) in [6, 6.07) is 5.95. The molecule has 0 radical (unpaired) electrons. The van der Waals surface area contributed by atoms with Crippen molar-refractivity contribution >= 4 is 28.8 Å². The summed E-state index contributed by atoms with van der Waals surface area (Å²) in [4.78, 5) is 28.4. The Morgan fingerprint density at radius 3 is 2.12 bits per heavy atom. The monoisotopic (exact) mass is 344 g/mol. The molecule has 128 valence electrons. The lowest BCUT2D eigenvalue weighted by Gasteiger charge is -2.18. The average Bonchev–Trinajstić information content (AvgIpc) is 2.80. The Hall–Kier alpha value is -2.14. The number of nitrogens with one attached hydrogen (secondary N) is 1. The summed E-state index contributed by atoms with van der Waals surface area (Å²) in [6.07, 6.45) is 0. The molecule has 0 saturated heterocycles. The first-order chi connectivity index (χ1) is 11.2. The van der Waals surface area contributed by atoms with E-state index in [1.54, 1.807) is 18.4 Å². The number of amides is 2. The molecule has 0 bridgehead atoms. The molecule has 4 nitrogen and oxygen atoms in total. The lowest BCUT2D eigenvalue weighted by atomic mass is 10.1. The molecule has 0 saturated carbocycles. The van der Waals surface area contributed by atoms with Crippen molar-refractivity contribution < 1.29 is 9.59 Å². The summed E-state index contributed by atoms with van der Waals surface area (Å²) >= 11 is 1.59. The fourth-order valence-electron chi connectivity index (χ4n) is 2.89. The van der Waals surface area contributed by atoms with Gasteiger partial charge in [0.05, 0.1) is 12.1 Å². The van der Waals surface area contributed by atoms with Crippen LogP contribution in [-0.2, 0) is 4.79 Å². The van der Waals surface area contributed by atoms with Gasteiger partial charge >= 0.3 is 0 Å². The normalized spacial score (nSPS) is 10.6. The second kappa shape index (κ2) is 7.18. The minimum atomic E-state index is -0.189. The quantitative estimate of drug-likeness (QED) is 0.911. The van der Waals surface area contributed by atoms with Gasteiger partial charge in [-0.1, -0.05) is 17.7 Å². The molecule has 1 N–H and O–H groups in total. The van der Waals surface area contributed by atoms with Crippen LogP contribution < -0.4 is 5.32 Å². The molecule has 0 aliphatic carbocycles. The zero-order valence-corrected chi connectivity index (χ0v) is 15.9. The van der Waals surface area contributed by atoms with E-state index >= 15 is 0 Å². The van der Waals surface area contributed by atoms with E-state index in [-0.39, 0.29) is 18.4 Å². The van der Waals surface area contributed by atoms with Gasteiger partial charge in [0.2, 0.25) is 5.91 Å². The predicted octanol–water partition coefficient (Wildman–Crippen LogP) is 4.00. The van der Waals surface area contributed by atoms with Gasteiger partial charge in [-0.2, -0.15) is 0 Å². The van der Waals surface area contributed by atoms with Crippen LogP contribution in [0.1, 0.15) is 36.8 Å². The fourth-order valence-corrected chi connectivity index (χ4v) is 3.81. The molecule has 2 rings (SSSR count). The van der Waals surface area contributed by atoms with E-state index in [9.17, 15) is 9.59 Å². The van der Waals surface area contributed by atoms with Gasteiger partial charge in [0.25, 0.3) is 5.91 Å². The van der Waals surface area contributed by atoms with Crippen molar-refractivity contribution in [3.63, 3.8) is 0 Å². The van der Waals surface area contributed by atoms with E-state index in [2.05, 4.69) is 5.32 Å². The van der Waals surface area contributed by atoms with Gasteiger partial charge < -0.3 is 10.2 Å². The summed E-state index contributed by atoms with van der Waals surface area (Å²) in [5, 5.41) is 2.93. The van der Waals surface area contributed by atoms with Crippen molar-refractivity contribution in [2.45, 2.75) is 34.6 Å². The second-order valence-corrected chi connectivity index (χ2v) is 7.77. The molecule has 0 spiro atoms. The molecule has 0 aliphatic heterocycles. The second-order valence-electron chi connectivity index (χ2n) is 6.31. The molecule has 1 aromatic heterocycles. The van der Waals surface area contributed by atoms with E-state index in [0.717, 1.165) is 26.6 Å². The fraction of sp³-hybridized carbons (Fsp3) is 0.368. The van der Waals surface area contributed by atoms with E-state index in [4.69, 9.17) is 0 Å². The van der Waals surface area contributed by atoms with Crippen LogP contribution in [0.2, 0.25) is 0 Å². The maximum atomic E-state index is 12.5. The molecule has 1 heterocycles. The topological polar surface area (TPSA) is 49.4 Å². The summed E-state index contributed by atoms with van der Waals surface area (Å²) < 4.78 is 0. The SMILES string of the molecule is Cc1cc(C)c(NC(=O)CN(C)C(=O)c2cc(C)sc2C)c(C)c1. The van der Waals surface area contributed by atoms with Crippen molar-refractivity contribution in [1.29, 1.82) is 0 Å². The highest BCUT2D eigenvalue weighted by Gasteiger charge is 2.19. The molecule has 0 unspecified atom stereocenters. The van der Waals surface area contributed by atoms with Crippen LogP contribution in [0.4, 0.5) is 5.69 Å². The first kappa shape index (κ1) is 18.2. The summed E-state index contributed by atoms with van der Waals surface area (Å²) in [6.45, 7) is 9.91. The maximum Gasteiger partial charge on any atom is 0.255 e. The molecule has 0 atom stereocenters. The van der Waals surface area contributed by atoms with Gasteiger partial charge in [-0.15, -0.1) is 11.3 Å². The lowest BCUT2D eigenvalue weighted by Crippen LogP contribution is -2.35. The minimum absolute atomic E-state index is 0.0277. The van der Waals surface area contributed by atoms with Crippen LogP contribution in [0.3, 0.4) is 0 Å². The van der Waals surface area contributed by atoms with Gasteiger partial charge in [-0.25, -0.2) is 0 Å². The van der Waals surface area contributed by atoms with Crippen LogP contribution in [-0.4, -0.2) is 30.3 Å². The van der Waals surface area contributed by atoms with Crippen molar-refractivity contribution in [3.8, 4) is 0 Å². The molecule has 2 aromatic rings. The van der Waals surface area contributed by atoms with Gasteiger partial charge in [-0.3, -0.25) is 9.59 Å². The number of anilines is 1. The standard InChI is InChI=1S/C19H24N2O2S/c1-11-7-12(2)18(13(3)8-11)20-17(22)10-21(6)19(23)16-9-14(4)24-15(16)5/h7-9H,10H2,1-6H3,(H,20,22). The number of hydrogen-bond acceptors (Lipinski definition) is 3. The summed E-state index contributed by atoms with van der Waals surface area (Å²) in [5.74, 6) is -0.310. The maximum absolute atomic E-state index is 12.5. The number of benzene rings is 1. The third-order valence-electron chi connectivity index (χ3n) is 3.94. The van der Waals surface area contributed by atoms with Crippen LogP contribution >= 0.6 is 11.3 Å². The van der Waals surface area contributed by atoms with Crippen LogP contribution in [0.25, 0.3) is 0 Å². The van der Waals surface area contributed by atoms with Crippen molar-refractivity contribution in [2.24, 2.45) is 0 Å². The van der Waals surface area contributed by atoms with Gasteiger partial charge in [0.15, 0.2) is 0 Å². The Balaban J connectivity index is 2.07. The van der Waals surface area contributed by atoms with Crippen molar-refractivity contribution in [1.82, 2.24) is 4.90 Å². The van der Waals surface area contributed by atoms with E-state index < -0.39 is 0 Å². The highest BCUT2D eigenvalue weighted by molar-refractivity contribution is 7.12. The first-order valence-electron chi connectivity index (χ1n) is 7.89. The molecular formula is C19H24N2O2S. The third-order valence-corrected chi connectivity index (χ3v) is 4.91. The van der Waals surface area contributed by atoms with Crippen LogP contribution in [0, 0.1) is 34.6 Å². The van der Waals surface area contributed by atoms with Gasteiger partial charge in [-0.05, 0) is 51.8 Å². The van der Waals surface area contributed by atoms with Crippen LogP contribution in [0.15, 0.2) is 18.2 Å². The Kier molecular flexibility index (Phi) is 5.44. The molecule has 2 amide bonds. The summed E-state index contributed by atoms with van der Waals surface area (Å²) in [7, 11) is 1.66. The van der Waals surface area contributed by atoms with Crippen LogP contribution in [0.5, 0.6) is 0 Å².